The van der Waals surface area contributed by atoms with Gasteiger partial charge in [0.2, 0.25) is 11.8 Å². The summed E-state index contributed by atoms with van der Waals surface area (Å²) in [5, 5.41) is 8.85. The topological polar surface area (TPSA) is 114 Å². The first kappa shape index (κ1) is 23.1. The number of hydroxylamine groups is 1. The molecule has 2 unspecified atom stereocenters. The van der Waals surface area contributed by atoms with E-state index >= 15 is 0 Å². The summed E-state index contributed by atoms with van der Waals surface area (Å²) in [6, 6.07) is 9.24. The van der Waals surface area contributed by atoms with E-state index in [0.717, 1.165) is 29.7 Å². The highest BCUT2D eigenvalue weighted by Crippen LogP contribution is 2.32. The minimum atomic E-state index is -0.591. The van der Waals surface area contributed by atoms with Crippen LogP contribution in [0, 0.1) is 5.92 Å². The maximum atomic E-state index is 13.1. The van der Waals surface area contributed by atoms with Gasteiger partial charge >= 0.3 is 0 Å². The number of hydrogen-bond donors (Lipinski definition) is 4. The zero-order chi connectivity index (χ0) is 22.2. The first-order chi connectivity index (χ1) is 15.0. The third-order valence-corrected chi connectivity index (χ3v) is 6.35. The van der Waals surface area contributed by atoms with Crippen LogP contribution in [0.3, 0.4) is 0 Å². The lowest BCUT2D eigenvalue weighted by Crippen LogP contribution is -2.52. The predicted octanol–water partition coefficient (Wildman–Crippen LogP) is 2.18. The van der Waals surface area contributed by atoms with E-state index < -0.39 is 17.9 Å². The van der Waals surface area contributed by atoms with Gasteiger partial charge in [-0.25, -0.2) is 5.48 Å². The summed E-state index contributed by atoms with van der Waals surface area (Å²) in [5.74, 6) is -1.62. The third-order valence-electron chi connectivity index (χ3n) is 5.42. The smallest absolute Gasteiger partial charge is 0.259 e. The number of amides is 3. The summed E-state index contributed by atoms with van der Waals surface area (Å²) in [6.45, 7) is 2.49. The number of nitrogens with one attached hydrogen (secondary N) is 3. The van der Waals surface area contributed by atoms with Gasteiger partial charge in [0.25, 0.3) is 5.91 Å². The molecule has 3 amide bonds. The normalized spacial score (nSPS) is 19.5. The maximum absolute atomic E-state index is 13.1. The molecule has 3 rings (SSSR count). The number of nitrogens with zero attached hydrogens (tertiary/aromatic N) is 2. The van der Waals surface area contributed by atoms with Gasteiger partial charge in [0.1, 0.15) is 6.04 Å². The summed E-state index contributed by atoms with van der Waals surface area (Å²) in [5.41, 5.74) is 8.47. The average Bonchev–Trinajstić information content (AvgIpc) is 3.46. The van der Waals surface area contributed by atoms with Crippen LogP contribution in [0.5, 0.6) is 0 Å². The van der Waals surface area contributed by atoms with Crippen LogP contribution in [0.2, 0.25) is 0 Å². The van der Waals surface area contributed by atoms with Crippen LogP contribution in [0.1, 0.15) is 51.0 Å². The molecule has 0 aliphatic carbocycles. The van der Waals surface area contributed by atoms with Crippen LogP contribution in [-0.4, -0.2) is 44.9 Å². The molecule has 31 heavy (non-hydrogen) atoms. The highest BCUT2D eigenvalue weighted by atomic mass is 32.2. The molecular weight excluding hydrogens is 418 g/mol. The second kappa shape index (κ2) is 11.2. The fourth-order valence-electron chi connectivity index (χ4n) is 3.81. The largest absolute Gasteiger partial charge is 0.330 e. The van der Waals surface area contributed by atoms with Crippen LogP contribution >= 0.6 is 11.9 Å². The van der Waals surface area contributed by atoms with E-state index in [-0.39, 0.29) is 18.2 Å². The maximum Gasteiger partial charge on any atom is 0.259 e. The molecule has 0 aromatic heterocycles. The zero-order valence-electron chi connectivity index (χ0n) is 17.5. The molecule has 2 aliphatic heterocycles. The molecule has 168 valence electrons. The lowest BCUT2D eigenvalue weighted by molar-refractivity contribution is -0.145. The van der Waals surface area contributed by atoms with Crippen LogP contribution in [0.15, 0.2) is 36.5 Å². The molecule has 10 heteroatoms. The van der Waals surface area contributed by atoms with Crippen molar-refractivity contribution in [3.63, 3.8) is 0 Å². The number of rotatable bonds is 9. The highest BCUT2D eigenvalue weighted by Gasteiger charge is 2.38. The van der Waals surface area contributed by atoms with Crippen molar-refractivity contribution in [2.45, 2.75) is 51.5 Å². The monoisotopic (exact) mass is 447 g/mol. The van der Waals surface area contributed by atoms with Crippen LogP contribution in [0.25, 0.3) is 4.91 Å². The van der Waals surface area contributed by atoms with E-state index in [4.69, 9.17) is 5.21 Å². The number of benzene rings is 1. The lowest BCUT2D eigenvalue weighted by atomic mass is 9.96. The summed E-state index contributed by atoms with van der Waals surface area (Å²) in [4.78, 5) is 40.3. The Bertz CT molecular complexity index is 819. The lowest BCUT2D eigenvalue weighted by Gasteiger charge is -2.29. The molecule has 9 nitrogen and oxygen atoms in total. The van der Waals surface area contributed by atoms with Gasteiger partial charge in [-0.15, -0.1) is 0 Å². The first-order valence-corrected chi connectivity index (χ1v) is 11.3. The van der Waals surface area contributed by atoms with Crippen LogP contribution in [0.4, 0.5) is 0 Å². The Balaban J connectivity index is 1.59. The van der Waals surface area contributed by atoms with E-state index in [1.807, 2.05) is 43.5 Å². The minimum Gasteiger partial charge on any atom is -0.330 e. The summed E-state index contributed by atoms with van der Waals surface area (Å²) < 4.78 is 1.53. The molecule has 0 radical (unpaired) electrons. The molecule has 0 spiro atoms. The van der Waals surface area contributed by atoms with Crippen molar-refractivity contribution < 1.29 is 19.6 Å². The van der Waals surface area contributed by atoms with E-state index in [1.54, 1.807) is 10.4 Å². The first-order valence-electron chi connectivity index (χ1n) is 10.6. The fourth-order valence-corrected chi connectivity index (χ4v) is 4.59. The van der Waals surface area contributed by atoms with Gasteiger partial charge in [0.05, 0.1) is 4.91 Å². The summed E-state index contributed by atoms with van der Waals surface area (Å²) >= 11 is 1.36. The molecule has 0 bridgehead atoms. The van der Waals surface area contributed by atoms with Gasteiger partial charge in [-0.05, 0) is 24.8 Å². The molecule has 0 saturated carbocycles. The summed E-state index contributed by atoms with van der Waals surface area (Å²) in [6.07, 6.45) is 5.25. The van der Waals surface area contributed by atoms with Gasteiger partial charge in [-0.3, -0.25) is 30.4 Å². The second-order valence-corrected chi connectivity index (χ2v) is 8.62. The van der Waals surface area contributed by atoms with Crippen molar-refractivity contribution in [1.29, 1.82) is 0 Å². The SMILES string of the molecule is CCCCC(CC(=O)NO)C(=O)N1CCCC1C(=O)NN1NC=C(c2ccccc2)S1. The quantitative estimate of drug-likeness (QED) is 0.261. The Labute approximate surface area is 186 Å². The Morgan fingerprint density at radius 2 is 2.06 bits per heavy atom. The molecule has 1 fully saturated rings. The van der Waals surface area contributed by atoms with Gasteiger partial charge in [0, 0.05) is 37.0 Å². The highest BCUT2D eigenvalue weighted by molar-refractivity contribution is 8.06. The molecule has 1 aromatic rings. The second-order valence-electron chi connectivity index (χ2n) is 7.63. The Hall–Kier alpha value is -2.56. The van der Waals surface area contributed by atoms with Crippen LogP contribution in [-0.2, 0) is 14.4 Å². The molecule has 2 atom stereocenters. The number of hydrazine groups is 2. The Morgan fingerprint density at radius 3 is 2.77 bits per heavy atom. The minimum absolute atomic E-state index is 0.0892. The van der Waals surface area contributed by atoms with E-state index in [1.165, 1.54) is 16.5 Å². The molecule has 2 heterocycles. The van der Waals surface area contributed by atoms with E-state index in [2.05, 4.69) is 10.9 Å². The molecular formula is C21H29N5O4S. The molecule has 4 N–H and O–H groups in total. The molecule has 1 aromatic carbocycles. The number of hydrogen-bond acceptors (Lipinski definition) is 7. The van der Waals surface area contributed by atoms with Crippen LogP contribution < -0.4 is 16.3 Å². The van der Waals surface area contributed by atoms with Crippen molar-refractivity contribution in [3.8, 4) is 0 Å². The Kier molecular flexibility index (Phi) is 8.33. The third kappa shape index (κ3) is 5.99. The number of carbonyl (C=O) groups excluding carboxylic acids is 3. The fraction of sp³-hybridized carbons (Fsp3) is 0.476. The van der Waals surface area contributed by atoms with Crippen molar-refractivity contribution in [3.05, 3.63) is 42.1 Å². The number of unbranched alkanes of at least 4 members (excludes halogenated alkanes) is 1. The zero-order valence-corrected chi connectivity index (χ0v) is 18.4. The van der Waals surface area contributed by atoms with Crippen molar-refractivity contribution in [1.82, 2.24) is 25.8 Å². The number of likely N-dealkylation sites (tertiary alicyclic amines) is 1. The molecule has 1 saturated heterocycles. The van der Waals surface area contributed by atoms with E-state index in [0.29, 0.717) is 19.4 Å². The average molecular weight is 448 g/mol. The standard InChI is InChI=1S/C21H29N5O4S/c1-2-3-8-16(13-19(27)24-30)21(29)25-12-7-11-17(25)20(28)23-26-22-14-18(31-26)15-9-5-4-6-10-15/h4-6,9-10,14,16-17,22,30H,2-3,7-8,11-13H2,1H3,(H,23,28)(H,24,27). The predicted molar refractivity (Wildman–Crippen MR) is 117 cm³/mol. The van der Waals surface area contributed by atoms with Crippen molar-refractivity contribution >= 4 is 34.6 Å². The summed E-state index contributed by atoms with van der Waals surface area (Å²) in [7, 11) is 0. The molecule has 2 aliphatic rings. The van der Waals surface area contributed by atoms with Crippen molar-refractivity contribution in [2.24, 2.45) is 5.92 Å². The van der Waals surface area contributed by atoms with Gasteiger partial charge < -0.3 is 4.90 Å². The van der Waals surface area contributed by atoms with Gasteiger partial charge in [0.15, 0.2) is 0 Å². The van der Waals surface area contributed by atoms with Gasteiger partial charge in [-0.1, -0.05) is 54.6 Å². The van der Waals surface area contributed by atoms with E-state index in [9.17, 15) is 14.4 Å². The van der Waals surface area contributed by atoms with Gasteiger partial charge in [-0.2, -0.15) is 0 Å². The van der Waals surface area contributed by atoms with Crippen molar-refractivity contribution in [2.75, 3.05) is 6.54 Å². The Morgan fingerprint density at radius 1 is 1.29 bits per heavy atom. The number of carbonyl (C=O) groups is 3.